The van der Waals surface area contributed by atoms with Crippen LogP contribution in [0.4, 0.5) is 11.5 Å². The summed E-state index contributed by atoms with van der Waals surface area (Å²) in [6, 6.07) is 16.3. The number of nitrogens with zero attached hydrogens (tertiary/aromatic N) is 3. The van der Waals surface area contributed by atoms with Gasteiger partial charge in [0.05, 0.1) is 34.9 Å². The molecule has 1 aliphatic heterocycles. The number of aliphatic hydroxyl groups is 1. The summed E-state index contributed by atoms with van der Waals surface area (Å²) in [7, 11) is 0. The monoisotopic (exact) mass is 442 g/mol. The van der Waals surface area contributed by atoms with E-state index in [-0.39, 0.29) is 18.1 Å². The molecule has 1 atom stereocenters. The van der Waals surface area contributed by atoms with E-state index in [4.69, 9.17) is 9.72 Å². The van der Waals surface area contributed by atoms with Crippen molar-refractivity contribution in [3.63, 3.8) is 0 Å². The van der Waals surface area contributed by atoms with Crippen molar-refractivity contribution in [2.75, 3.05) is 18.1 Å². The van der Waals surface area contributed by atoms with Gasteiger partial charge in [0.2, 0.25) is 0 Å². The lowest BCUT2D eigenvalue weighted by Crippen LogP contribution is -2.43. The molecule has 0 radical (unpaired) electrons. The van der Waals surface area contributed by atoms with Crippen molar-refractivity contribution in [2.45, 2.75) is 45.6 Å². The Kier molecular flexibility index (Phi) is 5.33. The van der Waals surface area contributed by atoms with Crippen LogP contribution in [-0.4, -0.2) is 39.3 Å². The van der Waals surface area contributed by atoms with E-state index < -0.39 is 0 Å². The molecule has 0 spiro atoms. The molecule has 0 saturated carbocycles. The molecule has 0 amide bonds. The Balaban J connectivity index is 1.60. The number of H-pyrrole nitrogens is 1. The fraction of sp³-hybridized carbons (Fsp3) is 0.333. The molecule has 0 saturated heterocycles. The van der Waals surface area contributed by atoms with Crippen LogP contribution >= 0.6 is 0 Å². The molecule has 6 nitrogen and oxygen atoms in total. The van der Waals surface area contributed by atoms with Gasteiger partial charge in [-0.3, -0.25) is 0 Å². The molecule has 2 N–H and O–H groups in total. The van der Waals surface area contributed by atoms with E-state index in [0.29, 0.717) is 6.61 Å². The summed E-state index contributed by atoms with van der Waals surface area (Å²) < 4.78 is 6.19. The molecule has 4 aromatic rings. The normalized spacial score (nSPS) is 16.0. The van der Waals surface area contributed by atoms with Crippen molar-refractivity contribution in [1.82, 2.24) is 15.0 Å². The van der Waals surface area contributed by atoms with E-state index >= 15 is 0 Å². The maximum atomic E-state index is 10.1. The van der Waals surface area contributed by atoms with E-state index in [1.54, 1.807) is 0 Å². The Morgan fingerprint density at radius 1 is 1.15 bits per heavy atom. The molecule has 5 rings (SSSR count). The van der Waals surface area contributed by atoms with Gasteiger partial charge in [-0.05, 0) is 53.3 Å². The van der Waals surface area contributed by atoms with Crippen LogP contribution in [0, 0.1) is 0 Å². The molecule has 0 aliphatic carbocycles. The van der Waals surface area contributed by atoms with E-state index in [1.807, 2.05) is 30.5 Å². The van der Waals surface area contributed by atoms with Gasteiger partial charge in [-0.1, -0.05) is 45.9 Å². The first-order valence-electron chi connectivity index (χ1n) is 11.5. The van der Waals surface area contributed by atoms with Crippen LogP contribution in [0.2, 0.25) is 0 Å². The molecule has 170 valence electrons. The summed E-state index contributed by atoms with van der Waals surface area (Å²) in [5.41, 5.74) is 6.21. The largest absolute Gasteiger partial charge is 0.488 e. The minimum absolute atomic E-state index is 0.0267. The zero-order chi connectivity index (χ0) is 23.2. The third-order valence-corrected chi connectivity index (χ3v) is 6.32. The number of hydrogen-bond acceptors (Lipinski definition) is 5. The summed E-state index contributed by atoms with van der Waals surface area (Å²) >= 11 is 0. The molecule has 6 heteroatoms. The van der Waals surface area contributed by atoms with Gasteiger partial charge < -0.3 is 19.7 Å². The van der Waals surface area contributed by atoms with Crippen LogP contribution < -0.4 is 9.64 Å². The Morgan fingerprint density at radius 3 is 2.70 bits per heavy atom. The minimum Gasteiger partial charge on any atom is -0.488 e. The molecule has 2 aromatic heterocycles. The summed E-state index contributed by atoms with van der Waals surface area (Å²) in [4.78, 5) is 15.1. The summed E-state index contributed by atoms with van der Waals surface area (Å²) in [5, 5.41) is 10.1. The summed E-state index contributed by atoms with van der Waals surface area (Å²) in [6.07, 6.45) is 2.83. The van der Waals surface area contributed by atoms with Gasteiger partial charge in [-0.25, -0.2) is 9.97 Å². The van der Waals surface area contributed by atoms with Crippen LogP contribution in [0.15, 0.2) is 54.7 Å². The Bertz CT molecular complexity index is 1290. The Hall–Kier alpha value is -3.38. The van der Waals surface area contributed by atoms with Gasteiger partial charge in [0, 0.05) is 6.20 Å². The highest BCUT2D eigenvalue weighted by molar-refractivity contribution is 5.85. The van der Waals surface area contributed by atoms with Crippen LogP contribution in [0.25, 0.3) is 22.4 Å². The Labute approximate surface area is 194 Å². The molecule has 0 fully saturated rings. The SMILES string of the molecule is CCc1ccc(N2c3cccc(-c4nc5ccc(C(C)(C)C)cc5[nH]4)c3OCC2CO)nc1. The zero-order valence-electron chi connectivity index (χ0n) is 19.6. The fourth-order valence-electron chi connectivity index (χ4n) is 4.32. The van der Waals surface area contributed by atoms with E-state index in [1.165, 1.54) is 11.1 Å². The number of nitrogens with one attached hydrogen (secondary N) is 1. The maximum absolute atomic E-state index is 10.1. The smallest absolute Gasteiger partial charge is 0.154 e. The Morgan fingerprint density at radius 2 is 2.00 bits per heavy atom. The first-order chi connectivity index (χ1) is 15.9. The number of rotatable bonds is 4. The molecular weight excluding hydrogens is 412 g/mol. The van der Waals surface area contributed by atoms with E-state index in [0.717, 1.165) is 46.1 Å². The second-order valence-electron chi connectivity index (χ2n) is 9.62. The molecule has 1 aliphatic rings. The second-order valence-corrected chi connectivity index (χ2v) is 9.62. The topological polar surface area (TPSA) is 74.3 Å². The zero-order valence-corrected chi connectivity index (χ0v) is 19.6. The van der Waals surface area contributed by atoms with Gasteiger partial charge in [0.25, 0.3) is 0 Å². The lowest BCUT2D eigenvalue weighted by Gasteiger charge is -2.37. The van der Waals surface area contributed by atoms with E-state index in [9.17, 15) is 5.11 Å². The number of fused-ring (bicyclic) bond motifs is 2. The van der Waals surface area contributed by atoms with Crippen molar-refractivity contribution in [3.05, 3.63) is 65.9 Å². The molecule has 3 heterocycles. The minimum atomic E-state index is -0.210. The fourth-order valence-corrected chi connectivity index (χ4v) is 4.32. The first-order valence-corrected chi connectivity index (χ1v) is 11.5. The van der Waals surface area contributed by atoms with Gasteiger partial charge >= 0.3 is 0 Å². The van der Waals surface area contributed by atoms with Crippen molar-refractivity contribution in [3.8, 4) is 17.1 Å². The molecular formula is C27H30N4O2. The summed E-state index contributed by atoms with van der Waals surface area (Å²) in [5.74, 6) is 2.32. The number of benzene rings is 2. The second kappa shape index (κ2) is 8.19. The molecule has 1 unspecified atom stereocenters. The number of aromatic nitrogens is 3. The van der Waals surface area contributed by atoms with Crippen molar-refractivity contribution in [1.29, 1.82) is 0 Å². The van der Waals surface area contributed by atoms with E-state index in [2.05, 4.69) is 66.8 Å². The van der Waals surface area contributed by atoms with Crippen LogP contribution in [0.3, 0.4) is 0 Å². The number of ether oxygens (including phenoxy) is 1. The molecule has 2 aromatic carbocycles. The number of pyridine rings is 1. The number of aliphatic hydroxyl groups excluding tert-OH is 1. The lowest BCUT2D eigenvalue weighted by atomic mass is 9.87. The predicted octanol–water partition coefficient (Wildman–Crippen LogP) is 5.38. The van der Waals surface area contributed by atoms with Gasteiger partial charge in [-0.15, -0.1) is 0 Å². The number of aromatic amines is 1. The predicted molar refractivity (Wildman–Crippen MR) is 132 cm³/mol. The highest BCUT2D eigenvalue weighted by atomic mass is 16.5. The number of para-hydroxylation sites is 1. The molecule has 0 bridgehead atoms. The maximum Gasteiger partial charge on any atom is 0.154 e. The quantitative estimate of drug-likeness (QED) is 0.444. The van der Waals surface area contributed by atoms with Gasteiger partial charge in [0.1, 0.15) is 18.2 Å². The number of hydrogen-bond donors (Lipinski definition) is 2. The van der Waals surface area contributed by atoms with Gasteiger partial charge in [-0.2, -0.15) is 0 Å². The number of imidazole rings is 1. The number of aryl methyl sites for hydroxylation is 1. The summed E-state index contributed by atoms with van der Waals surface area (Å²) in [6.45, 7) is 9.08. The van der Waals surface area contributed by atoms with Gasteiger partial charge in [0.15, 0.2) is 5.75 Å². The average Bonchev–Trinajstić information content (AvgIpc) is 3.25. The highest BCUT2D eigenvalue weighted by Gasteiger charge is 2.31. The third-order valence-electron chi connectivity index (χ3n) is 6.32. The van der Waals surface area contributed by atoms with Crippen molar-refractivity contribution < 1.29 is 9.84 Å². The highest BCUT2D eigenvalue weighted by Crippen LogP contribution is 2.44. The van der Waals surface area contributed by atoms with Crippen LogP contribution in [0.5, 0.6) is 5.75 Å². The van der Waals surface area contributed by atoms with Crippen molar-refractivity contribution in [2.24, 2.45) is 0 Å². The van der Waals surface area contributed by atoms with Crippen LogP contribution in [0.1, 0.15) is 38.8 Å². The van der Waals surface area contributed by atoms with Crippen LogP contribution in [-0.2, 0) is 11.8 Å². The van der Waals surface area contributed by atoms with Crippen molar-refractivity contribution >= 4 is 22.5 Å². The average molecular weight is 443 g/mol. The lowest BCUT2D eigenvalue weighted by molar-refractivity contribution is 0.195. The third kappa shape index (κ3) is 3.85. The molecule has 33 heavy (non-hydrogen) atoms. The first kappa shape index (κ1) is 21.5. The number of anilines is 2. The standard InChI is InChI=1S/C27H30N4O2/c1-5-17-9-12-24(28-14-17)31-19(15-32)16-33-25-20(7-6-8-23(25)31)26-29-21-11-10-18(27(2,3)4)13-22(21)30-26/h6-14,19,32H,5,15-16H2,1-4H3,(H,29,30).